The molecule has 0 unspecified atom stereocenters. The fourth-order valence-corrected chi connectivity index (χ4v) is 3.19. The van der Waals surface area contributed by atoms with E-state index in [2.05, 4.69) is 6.07 Å². The monoisotopic (exact) mass is 240 g/mol. The van der Waals surface area contributed by atoms with Gasteiger partial charge in [0.05, 0.1) is 10.2 Å². The molecule has 3 nitrogen and oxygen atoms in total. The average Bonchev–Trinajstić information content (AvgIpc) is 2.73. The number of nitrogens with zero attached hydrogens (tertiary/aromatic N) is 2. The van der Waals surface area contributed by atoms with Gasteiger partial charge < -0.3 is 4.57 Å². The lowest BCUT2D eigenvalue weighted by molar-refractivity contribution is 0.933. The maximum atomic E-state index is 11.9. The minimum atomic E-state index is -0.0733. The van der Waals surface area contributed by atoms with Crippen LogP contribution in [0.3, 0.4) is 0 Å². The zero-order chi connectivity index (χ0) is 12.0. The second-order valence-electron chi connectivity index (χ2n) is 3.84. The third kappa shape index (κ3) is 1.30. The van der Waals surface area contributed by atoms with Crippen LogP contribution in [0.4, 0.5) is 0 Å². The summed E-state index contributed by atoms with van der Waals surface area (Å²) >= 11 is 1.48. The van der Waals surface area contributed by atoms with E-state index in [1.807, 2.05) is 31.3 Å². The fourth-order valence-electron chi connectivity index (χ4n) is 2.05. The lowest BCUT2D eigenvalue weighted by Crippen LogP contribution is -2.07. The second kappa shape index (κ2) is 3.44. The van der Waals surface area contributed by atoms with Crippen molar-refractivity contribution in [3.05, 3.63) is 46.2 Å². The maximum absolute atomic E-state index is 11.9. The van der Waals surface area contributed by atoms with Gasteiger partial charge in [-0.2, -0.15) is 5.26 Å². The molecule has 2 heterocycles. The Kier molecular flexibility index (Phi) is 2.03. The number of pyridine rings is 1. The molecule has 0 fully saturated rings. The van der Waals surface area contributed by atoms with Gasteiger partial charge in [-0.15, -0.1) is 11.3 Å². The van der Waals surface area contributed by atoms with Crippen molar-refractivity contribution in [2.24, 2.45) is 7.05 Å². The van der Waals surface area contributed by atoms with Crippen LogP contribution in [-0.4, -0.2) is 4.57 Å². The van der Waals surface area contributed by atoms with E-state index in [1.54, 1.807) is 4.57 Å². The van der Waals surface area contributed by atoms with Crippen molar-refractivity contribution in [3.8, 4) is 6.07 Å². The molecule has 0 aliphatic carbocycles. The summed E-state index contributed by atoms with van der Waals surface area (Å²) in [5, 5.41) is 10.0. The lowest BCUT2D eigenvalue weighted by Gasteiger charge is -2.03. The molecule has 4 heteroatoms. The summed E-state index contributed by atoms with van der Waals surface area (Å²) in [6, 6.07) is 11.3. The van der Waals surface area contributed by atoms with Crippen molar-refractivity contribution in [1.29, 1.82) is 5.26 Å². The highest BCUT2D eigenvalue weighted by atomic mass is 32.1. The minimum absolute atomic E-state index is 0.0733. The number of thiophene rings is 1. The van der Waals surface area contributed by atoms with Gasteiger partial charge in [0.1, 0.15) is 11.8 Å². The van der Waals surface area contributed by atoms with Gasteiger partial charge in [-0.3, -0.25) is 4.79 Å². The van der Waals surface area contributed by atoms with Crippen molar-refractivity contribution in [2.75, 3.05) is 0 Å². The summed E-state index contributed by atoms with van der Waals surface area (Å²) in [6.07, 6.45) is 0. The van der Waals surface area contributed by atoms with E-state index in [-0.39, 0.29) is 5.43 Å². The number of nitriles is 1. The summed E-state index contributed by atoms with van der Waals surface area (Å²) < 4.78 is 3.58. The van der Waals surface area contributed by atoms with E-state index in [0.29, 0.717) is 10.4 Å². The van der Waals surface area contributed by atoms with Crippen molar-refractivity contribution in [2.45, 2.75) is 0 Å². The summed E-state index contributed by atoms with van der Waals surface area (Å²) in [4.78, 5) is 11.9. The molecule has 3 rings (SSSR count). The molecule has 17 heavy (non-hydrogen) atoms. The van der Waals surface area contributed by atoms with Gasteiger partial charge in [0.2, 0.25) is 5.43 Å². The average molecular weight is 240 g/mol. The molecule has 0 aliphatic rings. The quantitative estimate of drug-likeness (QED) is 0.606. The molecule has 3 aromatic rings. The predicted molar refractivity (Wildman–Crippen MR) is 69.3 cm³/mol. The maximum Gasteiger partial charge on any atom is 0.200 e. The van der Waals surface area contributed by atoms with Crippen molar-refractivity contribution >= 4 is 31.6 Å². The molecule has 0 aliphatic heterocycles. The molecule has 0 spiro atoms. The van der Waals surface area contributed by atoms with Gasteiger partial charge in [0.25, 0.3) is 0 Å². The van der Waals surface area contributed by atoms with Crippen LogP contribution in [0, 0.1) is 11.3 Å². The summed E-state index contributed by atoms with van der Waals surface area (Å²) in [5.41, 5.74) is 1.18. The molecule has 0 N–H and O–H groups in total. The molecule has 0 radical (unpaired) electrons. The molecule has 0 bridgehead atoms. The lowest BCUT2D eigenvalue weighted by atomic mass is 10.2. The Bertz CT molecular complexity index is 836. The van der Waals surface area contributed by atoms with Crippen LogP contribution in [0.1, 0.15) is 5.69 Å². The van der Waals surface area contributed by atoms with E-state index in [4.69, 9.17) is 5.26 Å². The van der Waals surface area contributed by atoms with Crippen LogP contribution >= 0.6 is 11.3 Å². The molecule has 0 amide bonds. The van der Waals surface area contributed by atoms with Crippen molar-refractivity contribution in [1.82, 2.24) is 4.57 Å². The van der Waals surface area contributed by atoms with Gasteiger partial charge in [-0.05, 0) is 6.07 Å². The summed E-state index contributed by atoms with van der Waals surface area (Å²) in [5.74, 6) is 0. The normalized spacial score (nSPS) is 10.8. The molecular formula is C13H8N2OS. The number of hydrogen-bond acceptors (Lipinski definition) is 3. The van der Waals surface area contributed by atoms with E-state index < -0.39 is 0 Å². The van der Waals surface area contributed by atoms with E-state index in [0.717, 1.165) is 15.6 Å². The Labute approximate surface area is 101 Å². The number of aromatic nitrogens is 1. The number of fused-ring (bicyclic) bond motifs is 3. The highest BCUT2D eigenvalue weighted by Crippen LogP contribution is 2.31. The van der Waals surface area contributed by atoms with Crippen LogP contribution < -0.4 is 5.43 Å². The van der Waals surface area contributed by atoms with E-state index >= 15 is 0 Å². The molecule has 0 saturated heterocycles. The van der Waals surface area contributed by atoms with Crippen LogP contribution in [-0.2, 0) is 7.05 Å². The first-order valence-corrected chi connectivity index (χ1v) is 5.95. The SMILES string of the molecule is Cn1c(C#N)cc(=O)c2sc3ccccc3c21. The fraction of sp³-hybridized carbons (Fsp3) is 0.0769. The molecular weight excluding hydrogens is 232 g/mol. The topological polar surface area (TPSA) is 45.8 Å². The standard InChI is InChI=1S/C13H8N2OS/c1-15-8(7-14)6-10(16)13-12(15)9-4-2-3-5-11(9)17-13/h2-6H,1H3. The van der Waals surface area contributed by atoms with Gasteiger partial charge in [-0.1, -0.05) is 18.2 Å². The van der Waals surface area contributed by atoms with Crippen LogP contribution in [0.2, 0.25) is 0 Å². The highest BCUT2D eigenvalue weighted by Gasteiger charge is 2.12. The van der Waals surface area contributed by atoms with Crippen molar-refractivity contribution in [3.63, 3.8) is 0 Å². The van der Waals surface area contributed by atoms with Gasteiger partial charge >= 0.3 is 0 Å². The Hall–Kier alpha value is -2.12. The van der Waals surface area contributed by atoms with Gasteiger partial charge in [0, 0.05) is 23.2 Å². The molecule has 0 saturated carbocycles. The number of rotatable bonds is 0. The smallest absolute Gasteiger partial charge is 0.200 e. The minimum Gasteiger partial charge on any atom is -0.334 e. The number of aryl methyl sites for hydroxylation is 1. The van der Waals surface area contributed by atoms with Crippen LogP contribution in [0.25, 0.3) is 20.3 Å². The Morgan fingerprint density at radius 1 is 1.35 bits per heavy atom. The predicted octanol–water partition coefficient (Wildman–Crippen LogP) is 2.62. The second-order valence-corrected chi connectivity index (χ2v) is 4.89. The molecule has 1 aromatic carbocycles. The zero-order valence-electron chi connectivity index (χ0n) is 9.10. The Morgan fingerprint density at radius 2 is 2.12 bits per heavy atom. The first-order chi connectivity index (χ1) is 8.22. The summed E-state index contributed by atoms with van der Waals surface area (Å²) in [7, 11) is 1.82. The highest BCUT2D eigenvalue weighted by molar-refractivity contribution is 7.25. The van der Waals surface area contributed by atoms with Crippen molar-refractivity contribution < 1.29 is 0 Å². The van der Waals surface area contributed by atoms with E-state index in [1.165, 1.54) is 17.4 Å². The van der Waals surface area contributed by atoms with E-state index in [9.17, 15) is 4.79 Å². The van der Waals surface area contributed by atoms with Crippen LogP contribution in [0.15, 0.2) is 35.1 Å². The zero-order valence-corrected chi connectivity index (χ0v) is 9.91. The first-order valence-electron chi connectivity index (χ1n) is 5.14. The third-order valence-electron chi connectivity index (χ3n) is 2.87. The number of hydrogen-bond donors (Lipinski definition) is 0. The van der Waals surface area contributed by atoms with Gasteiger partial charge in [-0.25, -0.2) is 0 Å². The first kappa shape index (κ1) is 10.1. The number of benzene rings is 1. The largest absolute Gasteiger partial charge is 0.334 e. The Morgan fingerprint density at radius 3 is 2.88 bits per heavy atom. The third-order valence-corrected chi connectivity index (χ3v) is 4.05. The molecule has 0 atom stereocenters. The molecule has 2 aromatic heterocycles. The van der Waals surface area contributed by atoms with Gasteiger partial charge in [0.15, 0.2) is 0 Å². The van der Waals surface area contributed by atoms with Crippen LogP contribution in [0.5, 0.6) is 0 Å². The Balaban J connectivity index is 2.69. The molecule has 82 valence electrons. The summed E-state index contributed by atoms with van der Waals surface area (Å²) in [6.45, 7) is 0.